The zero-order chi connectivity index (χ0) is 15.7. The van der Waals surface area contributed by atoms with E-state index < -0.39 is 10.0 Å². The Bertz CT molecular complexity index is 666. The Kier molecular flexibility index (Phi) is 4.20. The van der Waals surface area contributed by atoms with Crippen molar-refractivity contribution in [1.82, 2.24) is 10.0 Å². The van der Waals surface area contributed by atoms with Gasteiger partial charge in [0.2, 0.25) is 10.0 Å². The molecule has 0 saturated heterocycles. The van der Waals surface area contributed by atoms with E-state index in [0.29, 0.717) is 18.0 Å². The summed E-state index contributed by atoms with van der Waals surface area (Å²) >= 11 is 0. The molecule has 0 heterocycles. The van der Waals surface area contributed by atoms with Crippen LogP contribution in [0.4, 0.5) is 0 Å². The van der Waals surface area contributed by atoms with E-state index in [0.717, 1.165) is 25.7 Å². The minimum absolute atomic E-state index is 0.0209. The van der Waals surface area contributed by atoms with Crippen LogP contribution in [0.2, 0.25) is 0 Å². The van der Waals surface area contributed by atoms with Crippen LogP contribution in [0.5, 0.6) is 0 Å². The van der Waals surface area contributed by atoms with E-state index in [1.54, 1.807) is 12.1 Å². The van der Waals surface area contributed by atoms with E-state index in [1.807, 2.05) is 0 Å². The molecule has 1 amide bonds. The highest BCUT2D eigenvalue weighted by molar-refractivity contribution is 7.89. The van der Waals surface area contributed by atoms with Crippen LogP contribution in [0.15, 0.2) is 29.2 Å². The van der Waals surface area contributed by atoms with E-state index in [9.17, 15) is 13.2 Å². The first-order valence-corrected chi connectivity index (χ1v) is 9.10. The molecule has 1 atom stereocenters. The summed E-state index contributed by atoms with van der Waals surface area (Å²) in [6.45, 7) is 0.417. The van der Waals surface area contributed by atoms with Crippen LogP contribution in [0.1, 0.15) is 36.0 Å². The minimum Gasteiger partial charge on any atom is -0.350 e. The SMILES string of the molecule is NC(CNC(=O)c1cccc(S(=O)(=O)NC2CC2)c1)C1CC1. The smallest absolute Gasteiger partial charge is 0.251 e. The Hall–Kier alpha value is -1.44. The van der Waals surface area contributed by atoms with Crippen LogP contribution in [0.25, 0.3) is 0 Å². The molecule has 2 aliphatic rings. The molecule has 120 valence electrons. The molecule has 2 aliphatic carbocycles. The third-order valence-corrected chi connectivity index (χ3v) is 5.55. The van der Waals surface area contributed by atoms with Crippen molar-refractivity contribution in [1.29, 1.82) is 0 Å². The zero-order valence-corrected chi connectivity index (χ0v) is 13.1. The Labute approximate surface area is 130 Å². The van der Waals surface area contributed by atoms with Crippen molar-refractivity contribution in [3.63, 3.8) is 0 Å². The van der Waals surface area contributed by atoms with Gasteiger partial charge in [0.15, 0.2) is 0 Å². The highest BCUT2D eigenvalue weighted by Crippen LogP contribution is 2.31. The Morgan fingerprint density at radius 3 is 2.64 bits per heavy atom. The molecule has 0 radical (unpaired) electrons. The number of carbonyl (C=O) groups is 1. The summed E-state index contributed by atoms with van der Waals surface area (Å²) in [5, 5.41) is 2.77. The molecule has 22 heavy (non-hydrogen) atoms. The molecule has 0 aromatic heterocycles. The number of benzene rings is 1. The Balaban J connectivity index is 1.65. The highest BCUT2D eigenvalue weighted by Gasteiger charge is 2.29. The predicted octanol–water partition coefficient (Wildman–Crippen LogP) is 0.594. The number of hydrogen-bond donors (Lipinski definition) is 3. The van der Waals surface area contributed by atoms with Gasteiger partial charge < -0.3 is 11.1 Å². The first-order valence-electron chi connectivity index (χ1n) is 7.62. The third kappa shape index (κ3) is 3.85. The average molecular weight is 323 g/mol. The van der Waals surface area contributed by atoms with Crippen molar-refractivity contribution in [2.45, 2.75) is 42.7 Å². The van der Waals surface area contributed by atoms with Crippen LogP contribution in [-0.2, 0) is 10.0 Å². The van der Waals surface area contributed by atoms with Crippen molar-refractivity contribution in [2.75, 3.05) is 6.54 Å². The van der Waals surface area contributed by atoms with Gasteiger partial charge in [-0.2, -0.15) is 0 Å². The van der Waals surface area contributed by atoms with Gasteiger partial charge in [-0.25, -0.2) is 13.1 Å². The second-order valence-electron chi connectivity index (χ2n) is 6.13. The third-order valence-electron chi connectivity index (χ3n) is 4.03. The molecule has 0 aliphatic heterocycles. The number of sulfonamides is 1. The number of carbonyl (C=O) groups excluding carboxylic acids is 1. The molecule has 6 nitrogen and oxygen atoms in total. The molecule has 0 spiro atoms. The summed E-state index contributed by atoms with van der Waals surface area (Å²) in [5.74, 6) is 0.217. The van der Waals surface area contributed by atoms with Gasteiger partial charge >= 0.3 is 0 Å². The molecular formula is C15H21N3O3S. The lowest BCUT2D eigenvalue weighted by molar-refractivity contribution is 0.0950. The maximum atomic E-state index is 12.2. The van der Waals surface area contributed by atoms with Crippen molar-refractivity contribution in [2.24, 2.45) is 11.7 Å². The fourth-order valence-corrected chi connectivity index (χ4v) is 3.65. The number of rotatable bonds is 7. The van der Waals surface area contributed by atoms with Crippen molar-refractivity contribution in [3.05, 3.63) is 29.8 Å². The molecule has 2 saturated carbocycles. The number of nitrogens with two attached hydrogens (primary N) is 1. The summed E-state index contributed by atoms with van der Waals surface area (Å²) in [7, 11) is -3.54. The molecule has 3 rings (SSSR count). The highest BCUT2D eigenvalue weighted by atomic mass is 32.2. The topological polar surface area (TPSA) is 101 Å². The second-order valence-corrected chi connectivity index (χ2v) is 7.85. The Morgan fingerprint density at radius 2 is 2.00 bits per heavy atom. The van der Waals surface area contributed by atoms with E-state index >= 15 is 0 Å². The lowest BCUT2D eigenvalue weighted by Crippen LogP contribution is -2.38. The quantitative estimate of drug-likeness (QED) is 0.683. The lowest BCUT2D eigenvalue weighted by atomic mass is 10.2. The molecule has 1 aromatic rings. The van der Waals surface area contributed by atoms with E-state index in [4.69, 9.17) is 5.73 Å². The van der Waals surface area contributed by atoms with Crippen LogP contribution in [0.3, 0.4) is 0 Å². The first-order chi connectivity index (χ1) is 10.5. The molecular weight excluding hydrogens is 302 g/mol. The average Bonchev–Trinajstić information content (AvgIpc) is 3.36. The number of nitrogens with one attached hydrogen (secondary N) is 2. The summed E-state index contributed by atoms with van der Waals surface area (Å²) < 4.78 is 26.9. The Morgan fingerprint density at radius 1 is 1.27 bits per heavy atom. The van der Waals surface area contributed by atoms with Gasteiger partial charge in [-0.3, -0.25) is 4.79 Å². The molecule has 7 heteroatoms. The summed E-state index contributed by atoms with van der Waals surface area (Å²) in [6, 6.07) is 6.11. The maximum Gasteiger partial charge on any atom is 0.251 e. The van der Waals surface area contributed by atoms with Crippen molar-refractivity contribution >= 4 is 15.9 Å². The van der Waals surface area contributed by atoms with Crippen molar-refractivity contribution in [3.8, 4) is 0 Å². The van der Waals surface area contributed by atoms with Crippen molar-refractivity contribution < 1.29 is 13.2 Å². The van der Waals surface area contributed by atoms with Crippen LogP contribution in [-0.4, -0.2) is 33.0 Å². The van der Waals surface area contributed by atoms with Gasteiger partial charge in [0, 0.05) is 24.2 Å². The monoisotopic (exact) mass is 323 g/mol. The van der Waals surface area contributed by atoms with Gasteiger partial charge in [0.05, 0.1) is 4.90 Å². The lowest BCUT2D eigenvalue weighted by Gasteiger charge is -2.12. The fourth-order valence-electron chi connectivity index (χ4n) is 2.30. The molecule has 0 bridgehead atoms. The summed E-state index contributed by atoms with van der Waals surface area (Å²) in [5.41, 5.74) is 6.28. The molecule has 1 aromatic carbocycles. The van der Waals surface area contributed by atoms with Gasteiger partial charge in [-0.15, -0.1) is 0 Å². The molecule has 2 fully saturated rings. The normalized spacial score (nSPS) is 19.7. The minimum atomic E-state index is -3.54. The fraction of sp³-hybridized carbons (Fsp3) is 0.533. The molecule has 1 unspecified atom stereocenters. The number of hydrogen-bond acceptors (Lipinski definition) is 4. The van der Waals surface area contributed by atoms with E-state index in [1.165, 1.54) is 12.1 Å². The second kappa shape index (κ2) is 5.98. The van der Waals surface area contributed by atoms with Gasteiger partial charge in [-0.05, 0) is 49.8 Å². The summed E-state index contributed by atoms with van der Waals surface area (Å²) in [6.07, 6.45) is 3.99. The van der Waals surface area contributed by atoms with Crippen LogP contribution in [0, 0.1) is 5.92 Å². The van der Waals surface area contributed by atoms with Gasteiger partial charge in [0.1, 0.15) is 0 Å². The standard InChI is InChI=1S/C15H21N3O3S/c16-14(10-4-5-10)9-17-15(19)11-2-1-3-13(8-11)22(20,21)18-12-6-7-12/h1-3,8,10,12,14,18H,4-7,9,16H2,(H,17,19). The van der Waals surface area contributed by atoms with Crippen LogP contribution < -0.4 is 15.8 Å². The maximum absolute atomic E-state index is 12.2. The van der Waals surface area contributed by atoms with Crippen LogP contribution >= 0.6 is 0 Å². The van der Waals surface area contributed by atoms with Gasteiger partial charge in [-0.1, -0.05) is 6.07 Å². The van der Waals surface area contributed by atoms with E-state index in [2.05, 4.69) is 10.0 Å². The molecule has 4 N–H and O–H groups in total. The number of amides is 1. The summed E-state index contributed by atoms with van der Waals surface area (Å²) in [4.78, 5) is 12.2. The zero-order valence-electron chi connectivity index (χ0n) is 12.3. The van der Waals surface area contributed by atoms with E-state index in [-0.39, 0.29) is 22.9 Å². The largest absolute Gasteiger partial charge is 0.350 e. The first kappa shape index (κ1) is 15.5. The van der Waals surface area contributed by atoms with Gasteiger partial charge in [0.25, 0.3) is 5.91 Å². The predicted molar refractivity (Wildman–Crippen MR) is 82.8 cm³/mol.